The molecule has 1 radical (unpaired) electrons. The first kappa shape index (κ1) is 40.2. The predicted octanol–water partition coefficient (Wildman–Crippen LogP) is -9.37. The Hall–Kier alpha value is 3.35. The van der Waals surface area contributed by atoms with E-state index >= 15 is 0 Å². The van der Waals surface area contributed by atoms with Crippen molar-refractivity contribution >= 4 is 17.4 Å². The Balaban J connectivity index is 0. The van der Waals surface area contributed by atoms with Crippen LogP contribution in [0.5, 0.6) is 0 Å². The Morgan fingerprint density at radius 1 is 0.600 bits per heavy atom. The van der Waals surface area contributed by atoms with E-state index in [1.165, 1.54) is 0 Å². The van der Waals surface area contributed by atoms with Crippen LogP contribution in [0, 0.1) is 0 Å². The van der Waals surface area contributed by atoms with Crippen molar-refractivity contribution in [3.63, 3.8) is 0 Å². The van der Waals surface area contributed by atoms with Crippen molar-refractivity contribution < 1.29 is 91.4 Å². The third-order valence-corrected chi connectivity index (χ3v) is 0. The van der Waals surface area contributed by atoms with Crippen molar-refractivity contribution in [1.82, 2.24) is 0 Å². The van der Waals surface area contributed by atoms with Gasteiger partial charge < -0.3 is 71.9 Å². The molecule has 5 heavy (non-hydrogen) atoms. The first-order valence-electron chi connectivity index (χ1n) is 0. The van der Waals surface area contributed by atoms with E-state index in [9.17, 15) is 0 Å². The molecule has 0 aromatic carbocycles. The van der Waals surface area contributed by atoms with Crippen molar-refractivity contribution in [3.05, 3.63) is 0 Å². The van der Waals surface area contributed by atoms with Gasteiger partial charge in [-0.05, 0) is 0 Å². The van der Waals surface area contributed by atoms with Crippen LogP contribution >= 0.6 is 0 Å². The smallest absolute Gasteiger partial charge is 1.00 e. The molecule has 0 aliphatic rings. The monoisotopic (exact) mass is 511 g/mol. The fourth-order valence-electron chi connectivity index (χ4n) is 0. The maximum Gasteiger partial charge on any atom is 3.00 e. The normalized spacial score (nSPS) is 0. The van der Waals surface area contributed by atoms with Crippen LogP contribution in [0.4, 0.5) is 0 Å². The summed E-state index contributed by atoms with van der Waals surface area (Å²) in [6.45, 7) is 0. The number of rotatable bonds is 0. The summed E-state index contributed by atoms with van der Waals surface area (Å²) in [5, 5.41) is 0. The van der Waals surface area contributed by atoms with E-state index in [-0.39, 0.29) is 109 Å². The van der Waals surface area contributed by atoms with Crippen molar-refractivity contribution in [2.24, 2.45) is 0 Å². The molecule has 5 heteroatoms. The summed E-state index contributed by atoms with van der Waals surface area (Å²) in [6.07, 6.45) is 0. The van der Waals surface area contributed by atoms with Gasteiger partial charge in [0, 0.05) is 19.5 Å². The Kier molecular flexibility index (Phi) is 213. The molecule has 0 aliphatic heterocycles. The fraction of sp³-hybridized carbons (Fsp3) is 0. The minimum absolute atomic E-state index is 0. The molecule has 0 fully saturated rings. The minimum atomic E-state index is 0. The van der Waals surface area contributed by atoms with Crippen molar-refractivity contribution in [2.75, 3.05) is 0 Å². The minimum Gasteiger partial charge on any atom is -1.00 e. The Labute approximate surface area is 107 Å². The van der Waals surface area contributed by atoms with Gasteiger partial charge in [-0.15, -0.1) is 0 Å². The summed E-state index contributed by atoms with van der Waals surface area (Å²) >= 11 is 0. The Bertz CT molecular complexity index is 6.85. The number of hydrogen-bond acceptors (Lipinski definition) is 0. The fourth-order valence-corrected chi connectivity index (χ4v) is 0. The van der Waals surface area contributed by atoms with E-state index in [1.54, 1.807) is 0 Å². The number of hydrogen-bond donors (Lipinski definition) is 0. The van der Waals surface area contributed by atoms with E-state index in [0.29, 0.717) is 0 Å². The quantitative estimate of drug-likeness (QED) is 0.225. The molecule has 0 saturated heterocycles. The van der Waals surface area contributed by atoms with Crippen LogP contribution in [0.25, 0.3) is 0 Å². The molecular formula is AlI3Rh. The summed E-state index contributed by atoms with van der Waals surface area (Å²) in [5.41, 5.74) is 0. The molecule has 0 spiro atoms. The zero-order chi connectivity index (χ0) is 0. The van der Waals surface area contributed by atoms with Gasteiger partial charge in [0.25, 0.3) is 0 Å². The van der Waals surface area contributed by atoms with Crippen LogP contribution in [-0.2, 0) is 19.5 Å². The number of halogens is 3. The third-order valence-electron chi connectivity index (χ3n) is 0. The van der Waals surface area contributed by atoms with Crippen LogP contribution in [0.1, 0.15) is 0 Å². The van der Waals surface area contributed by atoms with Gasteiger partial charge in [-0.1, -0.05) is 0 Å². The standard InChI is InChI=1S/Al.3HI.Rh/h;3*1H;/q+3;;;;/p-3. The molecule has 0 bridgehead atoms. The van der Waals surface area contributed by atoms with Gasteiger partial charge in [-0.2, -0.15) is 0 Å². The maximum atomic E-state index is 0. The van der Waals surface area contributed by atoms with Gasteiger partial charge in [0.2, 0.25) is 0 Å². The van der Waals surface area contributed by atoms with Crippen LogP contribution < -0.4 is 71.9 Å². The van der Waals surface area contributed by atoms with Gasteiger partial charge in [-0.3, -0.25) is 0 Å². The average molecular weight is 511 g/mol. The molecular weight excluding hydrogens is 511 g/mol. The van der Waals surface area contributed by atoms with Crippen LogP contribution in [0.3, 0.4) is 0 Å². The van der Waals surface area contributed by atoms with E-state index in [1.807, 2.05) is 0 Å². The molecule has 0 aromatic rings. The molecule has 33 valence electrons. The van der Waals surface area contributed by atoms with Crippen LogP contribution in [-0.4, -0.2) is 17.4 Å². The molecule has 0 rings (SSSR count). The van der Waals surface area contributed by atoms with Gasteiger partial charge in [-0.25, -0.2) is 0 Å². The second-order valence-corrected chi connectivity index (χ2v) is 0. The predicted molar refractivity (Wildman–Crippen MR) is 5.75 cm³/mol. The van der Waals surface area contributed by atoms with Gasteiger partial charge in [0.15, 0.2) is 0 Å². The average Bonchev–Trinajstić information content (AvgIpc) is 0. The van der Waals surface area contributed by atoms with E-state index in [0.717, 1.165) is 0 Å². The SMILES string of the molecule is [Al+3].[I-].[I-].[I-].[Rh]. The van der Waals surface area contributed by atoms with Gasteiger partial charge in [0.05, 0.1) is 0 Å². The van der Waals surface area contributed by atoms with Gasteiger partial charge >= 0.3 is 17.4 Å². The third kappa shape index (κ3) is 18.8. The second kappa shape index (κ2) is 26.4. The molecule has 0 unspecified atom stereocenters. The van der Waals surface area contributed by atoms with E-state index in [2.05, 4.69) is 0 Å². The van der Waals surface area contributed by atoms with Crippen molar-refractivity contribution in [2.45, 2.75) is 0 Å². The summed E-state index contributed by atoms with van der Waals surface area (Å²) in [5.74, 6) is 0. The first-order valence-corrected chi connectivity index (χ1v) is 0. The summed E-state index contributed by atoms with van der Waals surface area (Å²) in [6, 6.07) is 0. The van der Waals surface area contributed by atoms with E-state index in [4.69, 9.17) is 0 Å². The van der Waals surface area contributed by atoms with Crippen molar-refractivity contribution in [3.8, 4) is 0 Å². The van der Waals surface area contributed by atoms with Crippen molar-refractivity contribution in [1.29, 1.82) is 0 Å². The molecule has 0 nitrogen and oxygen atoms in total. The topological polar surface area (TPSA) is 0 Å². The molecule has 0 aliphatic carbocycles. The molecule has 0 atom stereocenters. The van der Waals surface area contributed by atoms with E-state index < -0.39 is 0 Å². The Morgan fingerprint density at radius 2 is 0.600 bits per heavy atom. The summed E-state index contributed by atoms with van der Waals surface area (Å²) in [7, 11) is 0. The second-order valence-electron chi connectivity index (χ2n) is 0. The molecule has 0 heterocycles. The largest absolute Gasteiger partial charge is 3.00 e. The first-order chi connectivity index (χ1) is 0. The Morgan fingerprint density at radius 3 is 0.600 bits per heavy atom. The van der Waals surface area contributed by atoms with Crippen LogP contribution in [0.15, 0.2) is 0 Å². The van der Waals surface area contributed by atoms with Crippen LogP contribution in [0.2, 0.25) is 0 Å². The van der Waals surface area contributed by atoms with Gasteiger partial charge in [0.1, 0.15) is 0 Å². The summed E-state index contributed by atoms with van der Waals surface area (Å²) in [4.78, 5) is 0. The molecule has 0 N–H and O–H groups in total. The molecule has 0 aromatic heterocycles. The maximum absolute atomic E-state index is 0. The molecule has 0 amide bonds. The zero-order valence-corrected chi connectivity index (χ0v) is 11.3. The molecule has 0 saturated carbocycles. The zero-order valence-electron chi connectivity index (χ0n) is 2.04. The summed E-state index contributed by atoms with van der Waals surface area (Å²) < 4.78 is 0.